The minimum atomic E-state index is -1.17. The summed E-state index contributed by atoms with van der Waals surface area (Å²) in [6.45, 7) is 0. The van der Waals surface area contributed by atoms with Gasteiger partial charge >= 0.3 is 5.97 Å². The van der Waals surface area contributed by atoms with Gasteiger partial charge < -0.3 is 9.94 Å². The number of nitrogens with zero attached hydrogens (tertiary/aromatic N) is 2. The molecule has 0 unspecified atom stereocenters. The van der Waals surface area contributed by atoms with Crippen molar-refractivity contribution in [3.63, 3.8) is 0 Å². The average Bonchev–Trinajstić information content (AvgIpc) is 1.90. The Kier molecular flexibility index (Phi) is 1.31. The molecule has 2 N–H and O–H groups in total. The zero-order valence-corrected chi connectivity index (χ0v) is 4.24. The molecule has 1 aliphatic heterocycles. The monoisotopic (exact) mass is 129 g/mol. The highest BCUT2D eigenvalue weighted by Gasteiger charge is 2.08. The summed E-state index contributed by atoms with van der Waals surface area (Å²) < 4.78 is 0. The summed E-state index contributed by atoms with van der Waals surface area (Å²) >= 11 is 0. The van der Waals surface area contributed by atoms with E-state index in [1.165, 1.54) is 0 Å². The third kappa shape index (κ3) is 1.15. The summed E-state index contributed by atoms with van der Waals surface area (Å²) in [4.78, 5) is 14.3. The number of rotatable bonds is 1. The molecular formula is C3H3N3O3. The summed E-state index contributed by atoms with van der Waals surface area (Å²) in [6.07, 6.45) is 0.954. The summed E-state index contributed by atoms with van der Waals surface area (Å²) in [5, 5.41) is 14.5. The predicted octanol–water partition coefficient (Wildman–Crippen LogP) is -0.186. The summed E-state index contributed by atoms with van der Waals surface area (Å²) in [7, 11) is 0. The maximum atomic E-state index is 10.0. The molecule has 0 bridgehead atoms. The Morgan fingerprint density at radius 1 is 1.89 bits per heavy atom. The van der Waals surface area contributed by atoms with Crippen LogP contribution >= 0.6 is 0 Å². The first kappa shape index (κ1) is 5.54. The van der Waals surface area contributed by atoms with Crippen molar-refractivity contribution in [3.8, 4) is 0 Å². The number of aliphatic carboxylic acids is 1. The molecule has 1 heterocycles. The standard InChI is InChI=1S/C3H3N3O3/c7-3(8)2-1-9-6-5-4-2/h1H,(H,4,6)(H,7,8). The van der Waals surface area contributed by atoms with Gasteiger partial charge in [0, 0.05) is 0 Å². The van der Waals surface area contributed by atoms with Crippen LogP contribution in [-0.4, -0.2) is 11.1 Å². The molecular weight excluding hydrogens is 126 g/mol. The Labute approximate surface area is 49.8 Å². The van der Waals surface area contributed by atoms with Gasteiger partial charge in [0.25, 0.3) is 0 Å². The minimum Gasteiger partial charge on any atom is -0.476 e. The largest absolute Gasteiger partial charge is 0.476 e. The Bertz CT molecular complexity index is 185. The van der Waals surface area contributed by atoms with Crippen molar-refractivity contribution in [2.24, 2.45) is 10.3 Å². The second-order valence-electron chi connectivity index (χ2n) is 1.22. The van der Waals surface area contributed by atoms with Gasteiger partial charge in [0.2, 0.25) is 5.70 Å². The molecule has 6 heteroatoms. The van der Waals surface area contributed by atoms with E-state index >= 15 is 0 Å². The van der Waals surface area contributed by atoms with Crippen LogP contribution in [0.25, 0.3) is 0 Å². The fourth-order valence-corrected chi connectivity index (χ4v) is 0.297. The van der Waals surface area contributed by atoms with Crippen LogP contribution in [0.2, 0.25) is 0 Å². The Morgan fingerprint density at radius 2 is 2.67 bits per heavy atom. The molecule has 6 nitrogen and oxygen atoms in total. The van der Waals surface area contributed by atoms with E-state index in [2.05, 4.69) is 15.2 Å². The van der Waals surface area contributed by atoms with E-state index in [0.717, 1.165) is 6.26 Å². The van der Waals surface area contributed by atoms with E-state index in [1.807, 2.05) is 5.59 Å². The van der Waals surface area contributed by atoms with Crippen molar-refractivity contribution >= 4 is 5.97 Å². The van der Waals surface area contributed by atoms with Crippen molar-refractivity contribution in [2.75, 3.05) is 0 Å². The molecule has 0 amide bonds. The highest BCUT2D eigenvalue weighted by atomic mass is 16.7. The number of hydrogen-bond donors (Lipinski definition) is 2. The molecule has 0 saturated heterocycles. The molecule has 0 aromatic rings. The Morgan fingerprint density at radius 3 is 3.00 bits per heavy atom. The molecule has 0 aliphatic carbocycles. The van der Waals surface area contributed by atoms with Crippen LogP contribution in [0, 0.1) is 0 Å². The van der Waals surface area contributed by atoms with E-state index < -0.39 is 5.97 Å². The fraction of sp³-hybridized carbons (Fsp3) is 0. The smallest absolute Gasteiger partial charge is 0.359 e. The zero-order valence-electron chi connectivity index (χ0n) is 4.24. The first-order valence-corrected chi connectivity index (χ1v) is 2.05. The van der Waals surface area contributed by atoms with Gasteiger partial charge in [-0.3, -0.25) is 0 Å². The molecule has 0 atom stereocenters. The second-order valence-corrected chi connectivity index (χ2v) is 1.22. The summed E-state index contributed by atoms with van der Waals surface area (Å²) in [5.41, 5.74) is 1.76. The normalized spacial score (nSPS) is 15.3. The second kappa shape index (κ2) is 2.12. The lowest BCUT2D eigenvalue weighted by Gasteiger charge is -2.00. The molecule has 0 radical (unpaired) electrons. The van der Waals surface area contributed by atoms with Crippen molar-refractivity contribution in [3.05, 3.63) is 12.0 Å². The van der Waals surface area contributed by atoms with Crippen LogP contribution in [0.3, 0.4) is 0 Å². The van der Waals surface area contributed by atoms with Gasteiger partial charge in [-0.05, 0) is 5.22 Å². The van der Waals surface area contributed by atoms with E-state index in [0.29, 0.717) is 0 Å². The number of hydrogen-bond acceptors (Lipinski definition) is 5. The third-order valence-corrected chi connectivity index (χ3v) is 0.641. The number of nitrogens with one attached hydrogen (secondary N) is 1. The number of carboxylic acid groups (broad SMARTS) is 1. The van der Waals surface area contributed by atoms with Gasteiger partial charge in [-0.15, -0.1) is 10.7 Å². The summed E-state index contributed by atoms with van der Waals surface area (Å²) in [5.74, 6) is -1.17. The Hall–Kier alpha value is -1.59. The predicted molar refractivity (Wildman–Crippen MR) is 24.8 cm³/mol. The van der Waals surface area contributed by atoms with E-state index in [1.54, 1.807) is 0 Å². The SMILES string of the molecule is O=C(O)C1=CONN=N1. The highest BCUT2D eigenvalue weighted by molar-refractivity contribution is 5.85. The molecule has 9 heavy (non-hydrogen) atoms. The lowest BCUT2D eigenvalue weighted by atomic mass is 10.5. The third-order valence-electron chi connectivity index (χ3n) is 0.641. The Balaban J connectivity index is 2.69. The first-order chi connectivity index (χ1) is 4.30. The lowest BCUT2D eigenvalue weighted by molar-refractivity contribution is -0.133. The number of carboxylic acids is 1. The minimum absolute atomic E-state index is 0.228. The zero-order chi connectivity index (χ0) is 6.69. The van der Waals surface area contributed by atoms with Crippen LogP contribution in [0.4, 0.5) is 0 Å². The molecule has 0 aromatic heterocycles. The maximum Gasteiger partial charge on any atom is 0.359 e. The van der Waals surface area contributed by atoms with Crippen LogP contribution in [-0.2, 0) is 9.63 Å². The topological polar surface area (TPSA) is 83.3 Å². The maximum absolute atomic E-state index is 10.0. The molecule has 0 saturated carbocycles. The fourth-order valence-electron chi connectivity index (χ4n) is 0.297. The van der Waals surface area contributed by atoms with Gasteiger partial charge in [-0.1, -0.05) is 0 Å². The quantitative estimate of drug-likeness (QED) is 0.514. The van der Waals surface area contributed by atoms with Crippen molar-refractivity contribution < 1.29 is 14.7 Å². The van der Waals surface area contributed by atoms with Gasteiger partial charge in [0.15, 0.2) is 6.26 Å². The van der Waals surface area contributed by atoms with Crippen LogP contribution < -0.4 is 5.59 Å². The lowest BCUT2D eigenvalue weighted by Crippen LogP contribution is -2.09. The highest BCUT2D eigenvalue weighted by Crippen LogP contribution is 2.00. The molecule has 0 fully saturated rings. The van der Waals surface area contributed by atoms with Gasteiger partial charge in [0.05, 0.1) is 0 Å². The van der Waals surface area contributed by atoms with Crippen LogP contribution in [0.15, 0.2) is 22.3 Å². The molecule has 1 aliphatic rings. The van der Waals surface area contributed by atoms with Crippen LogP contribution in [0.5, 0.6) is 0 Å². The van der Waals surface area contributed by atoms with Crippen LogP contribution in [0.1, 0.15) is 0 Å². The van der Waals surface area contributed by atoms with Crippen molar-refractivity contribution in [1.29, 1.82) is 0 Å². The molecule has 0 spiro atoms. The van der Waals surface area contributed by atoms with E-state index in [4.69, 9.17) is 5.11 Å². The van der Waals surface area contributed by atoms with Gasteiger partial charge in [0.1, 0.15) is 0 Å². The first-order valence-electron chi connectivity index (χ1n) is 2.05. The molecule has 0 aromatic carbocycles. The van der Waals surface area contributed by atoms with E-state index in [-0.39, 0.29) is 5.70 Å². The number of carbonyl (C=O) groups is 1. The molecule has 1 rings (SSSR count). The van der Waals surface area contributed by atoms with Gasteiger partial charge in [-0.25, -0.2) is 4.79 Å². The van der Waals surface area contributed by atoms with Crippen molar-refractivity contribution in [1.82, 2.24) is 5.59 Å². The average molecular weight is 129 g/mol. The van der Waals surface area contributed by atoms with Crippen molar-refractivity contribution in [2.45, 2.75) is 0 Å². The van der Waals surface area contributed by atoms with Gasteiger partial charge in [-0.2, -0.15) is 0 Å². The van der Waals surface area contributed by atoms with E-state index in [9.17, 15) is 4.79 Å². The molecule has 48 valence electrons. The summed E-state index contributed by atoms with van der Waals surface area (Å²) in [6, 6.07) is 0.